The van der Waals surface area contributed by atoms with E-state index in [1.807, 2.05) is 13.8 Å². The molecule has 0 N–H and O–H groups in total. The summed E-state index contributed by atoms with van der Waals surface area (Å²) in [6, 6.07) is 0. The SMILES string of the molecule is CCCCC(CC)CC(=O)C(S)C(=O)[O-].CCCCC(CC)CC(=O)C(S)C(=O)[O-].CCCCCCC[CH2][Sn+2][CH2]CCCCCCC. The summed E-state index contributed by atoms with van der Waals surface area (Å²) in [6.45, 7) is 12.8. The van der Waals surface area contributed by atoms with Gasteiger partial charge in [0.2, 0.25) is 0 Å². The Balaban J connectivity index is -0.000000620. The molecular formula is C38H72O6S2Sn. The molecule has 0 rings (SSSR count). The van der Waals surface area contributed by atoms with E-state index in [0.717, 1.165) is 51.4 Å². The molecule has 0 aliphatic heterocycles. The summed E-state index contributed by atoms with van der Waals surface area (Å²) in [5.41, 5.74) is 0. The van der Waals surface area contributed by atoms with Crippen LogP contribution in [0.2, 0.25) is 8.87 Å². The van der Waals surface area contributed by atoms with Crippen LogP contribution in [0.5, 0.6) is 0 Å². The van der Waals surface area contributed by atoms with Crippen molar-refractivity contribution in [2.45, 2.75) is 202 Å². The number of Topliss-reactive ketones (excluding diaryl/α,β-unsaturated/α-hetero) is 2. The van der Waals surface area contributed by atoms with Gasteiger partial charge in [0, 0.05) is 12.8 Å². The molecule has 0 bridgehead atoms. The third-order valence-electron chi connectivity index (χ3n) is 8.54. The molecule has 9 heteroatoms. The number of rotatable bonds is 30. The molecule has 0 aliphatic rings. The number of aliphatic carboxylic acids is 2. The number of hydrogen-bond donors (Lipinski definition) is 2. The Morgan fingerprint density at radius 2 is 0.787 bits per heavy atom. The molecule has 4 unspecified atom stereocenters. The van der Waals surface area contributed by atoms with Crippen LogP contribution in [0.25, 0.3) is 0 Å². The second-order valence-electron chi connectivity index (χ2n) is 12.9. The van der Waals surface area contributed by atoms with E-state index in [1.54, 1.807) is 21.7 Å². The summed E-state index contributed by atoms with van der Waals surface area (Å²) in [7, 11) is 0. The molecule has 6 nitrogen and oxygen atoms in total. The van der Waals surface area contributed by atoms with Crippen molar-refractivity contribution in [3.8, 4) is 0 Å². The van der Waals surface area contributed by atoms with Gasteiger partial charge in [-0.2, -0.15) is 25.3 Å². The molecule has 0 heterocycles. The Hall–Kier alpha value is -0.221. The van der Waals surface area contributed by atoms with Crippen molar-refractivity contribution in [3.05, 3.63) is 0 Å². The Bertz CT molecular complexity index is 692. The summed E-state index contributed by atoms with van der Waals surface area (Å²) in [5, 5.41) is 18.3. The first-order chi connectivity index (χ1) is 22.5. The van der Waals surface area contributed by atoms with Crippen molar-refractivity contribution in [2.75, 3.05) is 0 Å². The minimum atomic E-state index is -1.39. The number of carboxylic acid groups (broad SMARTS) is 2. The third-order valence-corrected chi connectivity index (χ3v) is 13.6. The number of ketones is 2. The van der Waals surface area contributed by atoms with Gasteiger partial charge in [-0.25, -0.2) is 0 Å². The van der Waals surface area contributed by atoms with Crippen molar-refractivity contribution in [1.29, 1.82) is 0 Å². The first kappa shape index (κ1) is 51.2. The monoisotopic (exact) mass is 808 g/mol. The van der Waals surface area contributed by atoms with Gasteiger partial charge < -0.3 is 19.8 Å². The average Bonchev–Trinajstić information content (AvgIpc) is 3.06. The summed E-state index contributed by atoms with van der Waals surface area (Å²) in [6.07, 6.45) is 26.5. The van der Waals surface area contributed by atoms with Crippen molar-refractivity contribution >= 4 is 69.9 Å². The second kappa shape index (κ2) is 38.6. The molecule has 0 fully saturated rings. The van der Waals surface area contributed by atoms with Crippen molar-refractivity contribution in [1.82, 2.24) is 0 Å². The zero-order valence-corrected chi connectivity index (χ0v) is 35.8. The first-order valence-corrected chi connectivity index (χ1v) is 24.1. The fourth-order valence-corrected chi connectivity index (χ4v) is 8.91. The number of unbranched alkanes of at least 4 members (excludes halogenated alkanes) is 12. The number of carbonyl (C=O) groups excluding carboxylic acids is 4. The Morgan fingerprint density at radius 3 is 1.06 bits per heavy atom. The third kappa shape index (κ3) is 35.4. The van der Waals surface area contributed by atoms with Crippen LogP contribution in [0, 0.1) is 11.8 Å². The van der Waals surface area contributed by atoms with Crippen LogP contribution in [0.15, 0.2) is 0 Å². The van der Waals surface area contributed by atoms with Gasteiger partial charge in [-0.1, -0.05) is 79.1 Å². The fraction of sp³-hybridized carbons (Fsp3) is 0.895. The van der Waals surface area contributed by atoms with Crippen LogP contribution in [-0.2, 0) is 19.2 Å². The Morgan fingerprint density at radius 1 is 0.489 bits per heavy atom. The van der Waals surface area contributed by atoms with E-state index in [0.29, 0.717) is 12.8 Å². The molecule has 276 valence electrons. The molecule has 0 saturated heterocycles. The van der Waals surface area contributed by atoms with Crippen LogP contribution < -0.4 is 10.2 Å². The van der Waals surface area contributed by atoms with E-state index < -0.39 is 22.4 Å². The van der Waals surface area contributed by atoms with Crippen LogP contribution in [0.1, 0.15) is 183 Å². The molecule has 47 heavy (non-hydrogen) atoms. The average molecular weight is 808 g/mol. The number of hydrogen-bond acceptors (Lipinski definition) is 8. The van der Waals surface area contributed by atoms with Crippen LogP contribution in [-0.4, -0.2) is 55.1 Å². The van der Waals surface area contributed by atoms with E-state index >= 15 is 0 Å². The molecule has 0 aromatic rings. The summed E-state index contributed by atoms with van der Waals surface area (Å²) < 4.78 is 3.31. The maximum absolute atomic E-state index is 11.4. The van der Waals surface area contributed by atoms with E-state index in [2.05, 4.69) is 53.0 Å². The Labute approximate surface area is 311 Å². The summed E-state index contributed by atoms with van der Waals surface area (Å²) >= 11 is 7.50. The minimum absolute atomic E-state index is 0.0736. The normalized spacial score (nSPS) is 13.1. The van der Waals surface area contributed by atoms with Crippen molar-refractivity contribution in [3.63, 3.8) is 0 Å². The van der Waals surface area contributed by atoms with Gasteiger partial charge >= 0.3 is 121 Å². The predicted octanol–water partition coefficient (Wildman–Crippen LogP) is 8.67. The number of carbonyl (C=O) groups is 4. The molecule has 0 aromatic heterocycles. The van der Waals surface area contributed by atoms with E-state index in [9.17, 15) is 29.4 Å². The van der Waals surface area contributed by atoms with Gasteiger partial charge in [0.25, 0.3) is 0 Å². The molecule has 0 spiro atoms. The van der Waals surface area contributed by atoms with E-state index in [4.69, 9.17) is 0 Å². The van der Waals surface area contributed by atoms with Gasteiger partial charge in [-0.05, 0) is 11.8 Å². The van der Waals surface area contributed by atoms with Gasteiger partial charge in [-0.3, -0.25) is 9.59 Å². The zero-order chi connectivity index (χ0) is 36.3. The van der Waals surface area contributed by atoms with Gasteiger partial charge in [0.1, 0.15) is 0 Å². The maximum atomic E-state index is 11.4. The predicted molar refractivity (Wildman–Crippen MR) is 204 cm³/mol. The van der Waals surface area contributed by atoms with E-state index in [-0.39, 0.29) is 44.5 Å². The molecule has 0 saturated carbocycles. The topological polar surface area (TPSA) is 114 Å². The molecule has 4 atom stereocenters. The summed E-state index contributed by atoms with van der Waals surface area (Å²) in [4.78, 5) is 43.7. The number of carboxylic acids is 2. The fourth-order valence-electron chi connectivity index (χ4n) is 5.13. The Kier molecular flexibility index (Phi) is 42.0. The molecule has 0 radical (unpaired) electrons. The van der Waals surface area contributed by atoms with Gasteiger partial charge in [0.05, 0.1) is 22.4 Å². The van der Waals surface area contributed by atoms with E-state index in [1.165, 1.54) is 64.2 Å². The van der Waals surface area contributed by atoms with Crippen molar-refractivity contribution < 1.29 is 29.4 Å². The van der Waals surface area contributed by atoms with Gasteiger partial charge in [-0.15, -0.1) is 0 Å². The number of thiol groups is 2. The first-order valence-electron chi connectivity index (χ1n) is 19.0. The zero-order valence-electron chi connectivity index (χ0n) is 31.1. The van der Waals surface area contributed by atoms with Crippen LogP contribution in [0.4, 0.5) is 0 Å². The van der Waals surface area contributed by atoms with Crippen LogP contribution in [0.3, 0.4) is 0 Å². The molecule has 0 amide bonds. The van der Waals surface area contributed by atoms with Gasteiger partial charge in [0.15, 0.2) is 11.6 Å². The molecule has 0 aromatic carbocycles. The summed E-state index contributed by atoms with van der Waals surface area (Å²) in [5.74, 6) is -2.89. The quantitative estimate of drug-likeness (QED) is 0.0325. The molecular weight excluding hydrogens is 735 g/mol. The molecule has 0 aliphatic carbocycles. The van der Waals surface area contributed by atoms with Crippen LogP contribution >= 0.6 is 25.3 Å². The van der Waals surface area contributed by atoms with Crippen molar-refractivity contribution in [2.24, 2.45) is 11.8 Å². The standard InChI is InChI=1S/2C11H20O3S.2C8H17.Sn/c2*1-3-5-6-8(4-2)7-9(12)10(15)11(13)14;2*1-3-5-7-8-6-4-2;/h2*8,10,15H,3-7H2,1-2H3,(H,13,14);2*1,3-8H2,2H3;/q;;;;+2/p-2. The second-order valence-corrected chi connectivity index (χ2v) is 18.2.